The van der Waals surface area contributed by atoms with Crippen LogP contribution < -0.4 is 10.6 Å². The van der Waals surface area contributed by atoms with Crippen LogP contribution in [0.4, 0.5) is 10.1 Å². The summed E-state index contributed by atoms with van der Waals surface area (Å²) < 4.78 is 13.8. The lowest BCUT2D eigenvalue weighted by atomic mass is 9.98. The van der Waals surface area contributed by atoms with Crippen LogP contribution in [0.2, 0.25) is 0 Å². The molecular weight excluding hydrogens is 235 g/mol. The monoisotopic (exact) mass is 252 g/mol. The van der Waals surface area contributed by atoms with Gasteiger partial charge in [-0.1, -0.05) is 25.2 Å². The fourth-order valence-corrected chi connectivity index (χ4v) is 2.63. The van der Waals surface area contributed by atoms with Gasteiger partial charge >= 0.3 is 0 Å². The Balaban J connectivity index is 2.37. The zero-order valence-electron chi connectivity index (χ0n) is 9.95. The predicted octanol–water partition coefficient (Wildman–Crippen LogP) is 2.70. The maximum atomic E-state index is 13.8. The molecule has 92 valence electrons. The molecule has 1 unspecified atom stereocenters. The summed E-state index contributed by atoms with van der Waals surface area (Å²) in [5, 5.41) is 0. The molecule has 2 N–H and O–H groups in total. The zero-order chi connectivity index (χ0) is 12.4. The van der Waals surface area contributed by atoms with Gasteiger partial charge in [0.25, 0.3) is 0 Å². The normalized spacial score (nSPS) is 20.4. The molecule has 1 aliphatic heterocycles. The zero-order valence-corrected chi connectivity index (χ0v) is 10.8. The van der Waals surface area contributed by atoms with E-state index < -0.39 is 0 Å². The van der Waals surface area contributed by atoms with E-state index in [2.05, 4.69) is 11.8 Å². The molecule has 1 saturated heterocycles. The number of nitrogens with two attached hydrogens (primary N) is 1. The van der Waals surface area contributed by atoms with Crippen molar-refractivity contribution in [1.82, 2.24) is 0 Å². The van der Waals surface area contributed by atoms with Gasteiger partial charge in [0, 0.05) is 18.8 Å². The van der Waals surface area contributed by atoms with Crippen LogP contribution in [0, 0.1) is 11.7 Å². The van der Waals surface area contributed by atoms with Gasteiger partial charge in [0.05, 0.1) is 5.56 Å². The Morgan fingerprint density at radius 2 is 2.29 bits per heavy atom. The summed E-state index contributed by atoms with van der Waals surface area (Å²) in [5.41, 5.74) is 6.84. The van der Waals surface area contributed by atoms with Gasteiger partial charge in [-0.15, -0.1) is 0 Å². The van der Waals surface area contributed by atoms with Crippen LogP contribution in [0.1, 0.15) is 25.3 Å². The van der Waals surface area contributed by atoms with E-state index in [9.17, 15) is 4.39 Å². The van der Waals surface area contributed by atoms with Crippen molar-refractivity contribution in [1.29, 1.82) is 0 Å². The third-order valence-corrected chi connectivity index (χ3v) is 3.44. The first-order chi connectivity index (χ1) is 8.09. The molecule has 1 atom stereocenters. The van der Waals surface area contributed by atoms with Crippen LogP contribution >= 0.6 is 12.2 Å². The second-order valence-electron chi connectivity index (χ2n) is 4.69. The Bertz CT molecular complexity index is 433. The number of thiocarbonyl (C=S) groups is 1. The number of nitrogens with zero attached hydrogens (tertiary/aromatic N) is 1. The van der Waals surface area contributed by atoms with Crippen LogP contribution in [0.5, 0.6) is 0 Å². The Morgan fingerprint density at radius 1 is 1.53 bits per heavy atom. The van der Waals surface area contributed by atoms with Gasteiger partial charge in [0.15, 0.2) is 0 Å². The number of benzene rings is 1. The highest BCUT2D eigenvalue weighted by Crippen LogP contribution is 2.27. The van der Waals surface area contributed by atoms with E-state index in [-0.39, 0.29) is 10.8 Å². The van der Waals surface area contributed by atoms with Gasteiger partial charge < -0.3 is 10.6 Å². The lowest BCUT2D eigenvalue weighted by molar-refractivity contribution is 0.446. The highest BCUT2D eigenvalue weighted by atomic mass is 32.1. The highest BCUT2D eigenvalue weighted by molar-refractivity contribution is 7.80. The molecule has 0 aliphatic carbocycles. The molecule has 0 bridgehead atoms. The number of hydrogen-bond donors (Lipinski definition) is 1. The van der Waals surface area contributed by atoms with Gasteiger partial charge in [-0.05, 0) is 30.9 Å². The Kier molecular flexibility index (Phi) is 3.62. The van der Waals surface area contributed by atoms with E-state index >= 15 is 0 Å². The largest absolute Gasteiger partial charge is 0.389 e. The summed E-state index contributed by atoms with van der Waals surface area (Å²) in [7, 11) is 0. The maximum Gasteiger partial charge on any atom is 0.135 e. The summed E-state index contributed by atoms with van der Waals surface area (Å²) >= 11 is 4.95. The molecule has 2 nitrogen and oxygen atoms in total. The number of hydrogen-bond acceptors (Lipinski definition) is 2. The van der Waals surface area contributed by atoms with Crippen molar-refractivity contribution < 1.29 is 4.39 Å². The number of rotatable bonds is 2. The Hall–Kier alpha value is -1.16. The Labute approximate surface area is 107 Å². The lowest BCUT2D eigenvalue weighted by Gasteiger charge is -2.34. The van der Waals surface area contributed by atoms with Crippen molar-refractivity contribution in [3.05, 3.63) is 29.6 Å². The molecule has 0 saturated carbocycles. The first-order valence-corrected chi connectivity index (χ1v) is 6.33. The molecule has 1 heterocycles. The quantitative estimate of drug-likeness (QED) is 0.821. The first-order valence-electron chi connectivity index (χ1n) is 5.93. The number of anilines is 1. The SMILES string of the molecule is CC1CCCN(c2cccc(F)c2C(N)=S)C1. The molecule has 0 aromatic heterocycles. The highest BCUT2D eigenvalue weighted by Gasteiger charge is 2.21. The second-order valence-corrected chi connectivity index (χ2v) is 5.13. The minimum atomic E-state index is -0.326. The minimum Gasteiger partial charge on any atom is -0.389 e. The predicted molar refractivity (Wildman–Crippen MR) is 72.9 cm³/mol. The van der Waals surface area contributed by atoms with Crippen LogP contribution in [0.15, 0.2) is 18.2 Å². The number of halogens is 1. The van der Waals surface area contributed by atoms with Crippen molar-refractivity contribution in [2.24, 2.45) is 11.7 Å². The van der Waals surface area contributed by atoms with Crippen LogP contribution in [0.3, 0.4) is 0 Å². The molecule has 0 amide bonds. The van der Waals surface area contributed by atoms with E-state index in [1.165, 1.54) is 12.5 Å². The van der Waals surface area contributed by atoms with E-state index in [1.54, 1.807) is 6.07 Å². The van der Waals surface area contributed by atoms with E-state index in [0.29, 0.717) is 11.5 Å². The summed E-state index contributed by atoms with van der Waals surface area (Å²) in [6.45, 7) is 4.11. The molecule has 4 heteroatoms. The number of piperidine rings is 1. The summed E-state index contributed by atoms with van der Waals surface area (Å²) in [6.07, 6.45) is 2.36. The summed E-state index contributed by atoms with van der Waals surface area (Å²) in [5.74, 6) is 0.305. The van der Waals surface area contributed by atoms with Crippen molar-refractivity contribution >= 4 is 22.9 Å². The first kappa shape index (κ1) is 12.3. The van der Waals surface area contributed by atoms with Gasteiger partial charge in [-0.3, -0.25) is 0 Å². The van der Waals surface area contributed by atoms with Crippen LogP contribution in [-0.4, -0.2) is 18.1 Å². The third-order valence-electron chi connectivity index (χ3n) is 3.24. The smallest absolute Gasteiger partial charge is 0.135 e. The fourth-order valence-electron chi connectivity index (χ4n) is 2.43. The molecule has 2 rings (SSSR count). The lowest BCUT2D eigenvalue weighted by Crippen LogP contribution is -2.35. The summed E-state index contributed by atoms with van der Waals surface area (Å²) in [6, 6.07) is 5.02. The summed E-state index contributed by atoms with van der Waals surface area (Å²) in [4.78, 5) is 2.32. The van der Waals surface area contributed by atoms with Gasteiger partial charge in [0.2, 0.25) is 0 Å². The van der Waals surface area contributed by atoms with Gasteiger partial charge in [-0.25, -0.2) is 4.39 Å². The average Bonchev–Trinajstić information content (AvgIpc) is 2.28. The molecule has 1 aliphatic rings. The molecule has 1 fully saturated rings. The minimum absolute atomic E-state index is 0.135. The van der Waals surface area contributed by atoms with E-state index in [4.69, 9.17) is 18.0 Å². The topological polar surface area (TPSA) is 29.3 Å². The molecular formula is C13H17FN2S. The molecule has 0 spiro atoms. The van der Waals surface area contributed by atoms with Crippen molar-refractivity contribution in [3.63, 3.8) is 0 Å². The fraction of sp³-hybridized carbons (Fsp3) is 0.462. The molecule has 1 aromatic rings. The maximum absolute atomic E-state index is 13.8. The second kappa shape index (κ2) is 5.00. The van der Waals surface area contributed by atoms with Gasteiger partial charge in [0.1, 0.15) is 10.8 Å². The standard InChI is InChI=1S/C13H17FN2S/c1-9-4-3-7-16(8-9)11-6-2-5-10(14)12(11)13(15)17/h2,5-6,9H,3-4,7-8H2,1H3,(H2,15,17). The van der Waals surface area contributed by atoms with Crippen LogP contribution in [-0.2, 0) is 0 Å². The molecule has 0 radical (unpaired) electrons. The van der Waals surface area contributed by atoms with E-state index in [1.807, 2.05) is 6.07 Å². The molecule has 17 heavy (non-hydrogen) atoms. The van der Waals surface area contributed by atoms with Crippen LogP contribution in [0.25, 0.3) is 0 Å². The third kappa shape index (κ3) is 2.57. The molecule has 1 aromatic carbocycles. The van der Waals surface area contributed by atoms with Crippen molar-refractivity contribution in [2.45, 2.75) is 19.8 Å². The van der Waals surface area contributed by atoms with Crippen molar-refractivity contribution in [3.8, 4) is 0 Å². The average molecular weight is 252 g/mol. The van der Waals surface area contributed by atoms with E-state index in [0.717, 1.165) is 25.2 Å². The Morgan fingerprint density at radius 3 is 2.94 bits per heavy atom. The van der Waals surface area contributed by atoms with Gasteiger partial charge in [-0.2, -0.15) is 0 Å². The van der Waals surface area contributed by atoms with Crippen molar-refractivity contribution in [2.75, 3.05) is 18.0 Å².